The molecule has 2 aliphatic rings. The topological polar surface area (TPSA) is 70.5 Å². The van der Waals surface area contributed by atoms with Crippen molar-refractivity contribution in [2.45, 2.75) is 52.1 Å². The van der Waals surface area contributed by atoms with Crippen molar-refractivity contribution < 1.29 is 9.59 Å². The number of piperidine rings is 1. The van der Waals surface area contributed by atoms with Crippen LogP contribution in [0.3, 0.4) is 0 Å². The molecule has 1 N–H and O–H groups in total. The number of carbonyl (C=O) groups is 2. The second-order valence-corrected chi connectivity index (χ2v) is 11.3. The van der Waals surface area contributed by atoms with Crippen molar-refractivity contribution in [3.63, 3.8) is 0 Å². The van der Waals surface area contributed by atoms with Crippen LogP contribution in [0.1, 0.15) is 56.7 Å². The Hall–Kier alpha value is -3.45. The minimum atomic E-state index is -0.0340. The summed E-state index contributed by atoms with van der Waals surface area (Å²) in [5.74, 6) is 0.334. The average molecular weight is 514 g/mol. The number of aromatic nitrogens is 2. The zero-order valence-electron chi connectivity index (χ0n) is 22.6. The van der Waals surface area contributed by atoms with Gasteiger partial charge in [-0.3, -0.25) is 9.59 Å². The molecule has 7 heteroatoms. The third kappa shape index (κ3) is 6.16. The zero-order chi connectivity index (χ0) is 26.5. The Morgan fingerprint density at radius 3 is 2.42 bits per heavy atom. The van der Waals surface area contributed by atoms with Crippen LogP contribution < -0.4 is 5.32 Å². The molecule has 3 aromatic rings. The summed E-state index contributed by atoms with van der Waals surface area (Å²) >= 11 is 0. The van der Waals surface area contributed by atoms with Gasteiger partial charge in [0.1, 0.15) is 0 Å². The largest absolute Gasteiger partial charge is 0.349 e. The van der Waals surface area contributed by atoms with Crippen LogP contribution in [0.15, 0.2) is 73.1 Å². The van der Waals surface area contributed by atoms with E-state index in [1.54, 1.807) is 6.20 Å². The maximum atomic E-state index is 13.0. The highest BCUT2D eigenvalue weighted by atomic mass is 16.2. The first-order chi connectivity index (χ1) is 18.4. The van der Waals surface area contributed by atoms with Gasteiger partial charge in [0.25, 0.3) is 0 Å². The van der Waals surface area contributed by atoms with E-state index in [-0.39, 0.29) is 29.2 Å². The Morgan fingerprint density at radius 2 is 1.76 bits per heavy atom. The van der Waals surface area contributed by atoms with Gasteiger partial charge in [0, 0.05) is 44.4 Å². The van der Waals surface area contributed by atoms with Gasteiger partial charge in [-0.05, 0) is 67.1 Å². The molecular formula is C31H39N5O2. The van der Waals surface area contributed by atoms with Crippen molar-refractivity contribution in [1.82, 2.24) is 24.9 Å². The van der Waals surface area contributed by atoms with E-state index >= 15 is 0 Å². The first-order valence-corrected chi connectivity index (χ1v) is 13.9. The molecule has 1 unspecified atom stereocenters. The average Bonchev–Trinajstić information content (AvgIpc) is 3.57. The Balaban J connectivity index is 1.13. The molecule has 2 aliphatic heterocycles. The Bertz CT molecular complexity index is 1200. The van der Waals surface area contributed by atoms with Crippen LogP contribution in [0.4, 0.5) is 0 Å². The van der Waals surface area contributed by atoms with Gasteiger partial charge in [-0.1, -0.05) is 56.3 Å². The molecule has 0 radical (unpaired) electrons. The van der Waals surface area contributed by atoms with E-state index in [1.807, 2.05) is 53.9 Å². The fourth-order valence-corrected chi connectivity index (χ4v) is 5.77. The van der Waals surface area contributed by atoms with Crippen molar-refractivity contribution in [1.29, 1.82) is 0 Å². The molecule has 2 aromatic carbocycles. The minimum Gasteiger partial charge on any atom is -0.349 e. The minimum absolute atomic E-state index is 0.0187. The second kappa shape index (κ2) is 11.5. The first kappa shape index (κ1) is 26.2. The van der Waals surface area contributed by atoms with Gasteiger partial charge in [-0.15, -0.1) is 0 Å². The summed E-state index contributed by atoms with van der Waals surface area (Å²) in [4.78, 5) is 30.0. The van der Waals surface area contributed by atoms with E-state index in [9.17, 15) is 9.59 Å². The second-order valence-electron chi connectivity index (χ2n) is 11.3. The molecule has 7 nitrogen and oxygen atoms in total. The number of benzene rings is 2. The molecule has 2 fully saturated rings. The number of hydrogen-bond acceptors (Lipinski definition) is 4. The van der Waals surface area contributed by atoms with Crippen LogP contribution in [0.5, 0.6) is 0 Å². The fourth-order valence-electron chi connectivity index (χ4n) is 5.77. The number of amides is 2. The van der Waals surface area contributed by atoms with Crippen LogP contribution >= 0.6 is 0 Å². The summed E-state index contributed by atoms with van der Waals surface area (Å²) in [5, 5.41) is 7.53. The lowest BCUT2D eigenvalue weighted by Gasteiger charge is -2.39. The summed E-state index contributed by atoms with van der Waals surface area (Å²) in [5.41, 5.74) is 3.42. The zero-order valence-corrected chi connectivity index (χ0v) is 22.6. The maximum Gasteiger partial charge on any atom is 0.223 e. The van der Waals surface area contributed by atoms with Crippen LogP contribution in [-0.2, 0) is 16.1 Å². The Morgan fingerprint density at radius 1 is 1.03 bits per heavy atom. The van der Waals surface area contributed by atoms with Gasteiger partial charge < -0.3 is 15.1 Å². The predicted octanol–water partition coefficient (Wildman–Crippen LogP) is 4.59. The van der Waals surface area contributed by atoms with Gasteiger partial charge in [-0.25, -0.2) is 4.68 Å². The van der Waals surface area contributed by atoms with E-state index in [4.69, 9.17) is 0 Å². The van der Waals surface area contributed by atoms with Crippen LogP contribution in [-0.4, -0.2) is 57.6 Å². The third-order valence-corrected chi connectivity index (χ3v) is 8.18. The first-order valence-electron chi connectivity index (χ1n) is 13.9. The smallest absolute Gasteiger partial charge is 0.223 e. The van der Waals surface area contributed by atoms with Gasteiger partial charge in [-0.2, -0.15) is 5.10 Å². The van der Waals surface area contributed by atoms with Crippen molar-refractivity contribution in [2.24, 2.45) is 11.3 Å². The molecule has 200 valence electrons. The van der Waals surface area contributed by atoms with Gasteiger partial charge in [0.05, 0.1) is 11.7 Å². The summed E-state index contributed by atoms with van der Waals surface area (Å²) in [6.07, 6.45) is 7.33. The van der Waals surface area contributed by atoms with Crippen LogP contribution in [0, 0.1) is 11.3 Å². The van der Waals surface area contributed by atoms with E-state index < -0.39 is 0 Å². The highest BCUT2D eigenvalue weighted by Crippen LogP contribution is 2.41. The molecule has 2 saturated heterocycles. The standard InChI is InChI=1S/C31H39N5O2/c1-24(2)30(38)33-28(26-7-4-3-5-8-26)13-18-34-19-14-31(15-20-34)21-29(37)35(23-31)22-25-9-11-27(12-10-25)36-17-6-16-32-36/h3-12,16-17,24,28H,13-15,18-23H2,1-2H3,(H,33,38). The molecule has 0 saturated carbocycles. The van der Waals surface area contributed by atoms with Crippen molar-refractivity contribution >= 4 is 11.8 Å². The quantitative estimate of drug-likeness (QED) is 0.454. The maximum absolute atomic E-state index is 13.0. The number of likely N-dealkylation sites (tertiary alicyclic amines) is 2. The normalized spacial score (nSPS) is 18.3. The molecule has 2 amide bonds. The molecule has 1 aromatic heterocycles. The molecule has 1 spiro atoms. The molecule has 0 aliphatic carbocycles. The lowest BCUT2D eigenvalue weighted by Crippen LogP contribution is -2.43. The lowest BCUT2D eigenvalue weighted by molar-refractivity contribution is -0.128. The molecule has 38 heavy (non-hydrogen) atoms. The third-order valence-electron chi connectivity index (χ3n) is 8.18. The monoisotopic (exact) mass is 513 g/mol. The summed E-state index contributed by atoms with van der Waals surface area (Å²) < 4.78 is 1.84. The van der Waals surface area contributed by atoms with Crippen molar-refractivity contribution in [3.05, 3.63) is 84.2 Å². The van der Waals surface area contributed by atoms with E-state index in [2.05, 4.69) is 51.7 Å². The number of nitrogens with zero attached hydrogens (tertiary/aromatic N) is 4. The highest BCUT2D eigenvalue weighted by molar-refractivity contribution is 5.79. The number of nitrogens with one attached hydrogen (secondary N) is 1. The van der Waals surface area contributed by atoms with E-state index in [0.29, 0.717) is 13.0 Å². The molecule has 1 atom stereocenters. The summed E-state index contributed by atoms with van der Waals surface area (Å²) in [6.45, 7) is 8.32. The van der Waals surface area contributed by atoms with Crippen molar-refractivity contribution in [2.75, 3.05) is 26.2 Å². The van der Waals surface area contributed by atoms with Gasteiger partial charge in [0.2, 0.25) is 11.8 Å². The van der Waals surface area contributed by atoms with Crippen molar-refractivity contribution in [3.8, 4) is 5.69 Å². The van der Waals surface area contributed by atoms with Gasteiger partial charge >= 0.3 is 0 Å². The molecule has 0 bridgehead atoms. The summed E-state index contributed by atoms with van der Waals surface area (Å²) in [6, 6.07) is 20.5. The SMILES string of the molecule is CC(C)C(=O)NC(CCN1CCC2(CC1)CC(=O)N(Cc1ccc(-n3cccn3)cc1)C2)c1ccccc1. The Labute approximate surface area is 225 Å². The lowest BCUT2D eigenvalue weighted by atomic mass is 9.77. The number of carbonyl (C=O) groups excluding carboxylic acids is 2. The number of hydrogen-bond donors (Lipinski definition) is 1. The van der Waals surface area contributed by atoms with E-state index in [0.717, 1.165) is 62.3 Å². The van der Waals surface area contributed by atoms with Crippen LogP contribution in [0.25, 0.3) is 5.69 Å². The summed E-state index contributed by atoms with van der Waals surface area (Å²) in [7, 11) is 0. The highest BCUT2D eigenvalue weighted by Gasteiger charge is 2.44. The molecule has 5 rings (SSSR count). The fraction of sp³-hybridized carbons (Fsp3) is 0.452. The molecule has 3 heterocycles. The predicted molar refractivity (Wildman–Crippen MR) is 148 cm³/mol. The number of rotatable bonds is 9. The van der Waals surface area contributed by atoms with Gasteiger partial charge in [0.15, 0.2) is 0 Å². The Kier molecular flexibility index (Phi) is 7.93. The molecular weight excluding hydrogens is 474 g/mol. The van der Waals surface area contributed by atoms with Crippen LogP contribution in [0.2, 0.25) is 0 Å². The van der Waals surface area contributed by atoms with E-state index in [1.165, 1.54) is 0 Å².